The van der Waals surface area contributed by atoms with Gasteiger partial charge in [-0.2, -0.15) is 0 Å². The first-order valence-corrected chi connectivity index (χ1v) is 10.5. The summed E-state index contributed by atoms with van der Waals surface area (Å²) in [6, 6.07) is 9.70. The van der Waals surface area contributed by atoms with E-state index >= 15 is 0 Å². The normalized spacial score (nSPS) is 17.5. The minimum atomic E-state index is -0.796. The first-order chi connectivity index (χ1) is 15.7. The Kier molecular flexibility index (Phi) is 7.28. The minimum absolute atomic E-state index is 0.00914. The molecular weight excluding hydrogens is 424 g/mol. The third kappa shape index (κ3) is 4.66. The topological polar surface area (TPSA) is 88.5 Å². The maximum atomic E-state index is 13.2. The van der Waals surface area contributed by atoms with Gasteiger partial charge < -0.3 is 29.1 Å². The molecule has 1 saturated heterocycles. The van der Waals surface area contributed by atoms with Crippen LogP contribution in [0.25, 0.3) is 5.76 Å². The Morgan fingerprint density at radius 2 is 1.61 bits per heavy atom. The van der Waals surface area contributed by atoms with Crippen LogP contribution < -0.4 is 14.2 Å². The van der Waals surface area contributed by atoms with Gasteiger partial charge in [0.1, 0.15) is 11.5 Å². The number of benzene rings is 2. The first-order valence-electron chi connectivity index (χ1n) is 10.5. The summed E-state index contributed by atoms with van der Waals surface area (Å²) in [6.45, 7) is 2.72. The van der Waals surface area contributed by atoms with Crippen molar-refractivity contribution in [3.05, 3.63) is 58.7 Å². The van der Waals surface area contributed by atoms with Gasteiger partial charge in [0.05, 0.1) is 38.5 Å². The number of carbonyl (C=O) groups is 2. The summed E-state index contributed by atoms with van der Waals surface area (Å²) < 4.78 is 16.2. The fourth-order valence-corrected chi connectivity index (χ4v) is 3.94. The van der Waals surface area contributed by atoms with Crippen molar-refractivity contribution in [3.63, 3.8) is 0 Å². The minimum Gasteiger partial charge on any atom is -0.507 e. The molecule has 1 unspecified atom stereocenters. The van der Waals surface area contributed by atoms with Gasteiger partial charge in [-0.15, -0.1) is 0 Å². The third-order valence-electron chi connectivity index (χ3n) is 5.66. The molecule has 1 aliphatic rings. The number of aliphatic hydroxyl groups excluding tert-OH is 1. The molecule has 8 heteroatoms. The molecule has 1 amide bonds. The van der Waals surface area contributed by atoms with Crippen molar-refractivity contribution in [2.75, 3.05) is 48.5 Å². The molecule has 2 aromatic rings. The van der Waals surface area contributed by atoms with Crippen LogP contribution in [0.1, 0.15) is 22.7 Å². The Labute approximate surface area is 194 Å². The molecule has 33 heavy (non-hydrogen) atoms. The fraction of sp³-hybridized carbons (Fsp3) is 0.360. The van der Waals surface area contributed by atoms with E-state index < -0.39 is 17.7 Å². The van der Waals surface area contributed by atoms with Crippen LogP contribution in [-0.4, -0.2) is 75.1 Å². The van der Waals surface area contributed by atoms with Gasteiger partial charge in [0.25, 0.3) is 11.7 Å². The molecule has 1 atom stereocenters. The summed E-state index contributed by atoms with van der Waals surface area (Å²) in [5.74, 6) is -0.294. The van der Waals surface area contributed by atoms with Gasteiger partial charge in [-0.3, -0.25) is 9.59 Å². The summed E-state index contributed by atoms with van der Waals surface area (Å²) in [5.41, 5.74) is 1.86. The molecule has 0 radical (unpaired) electrons. The fourth-order valence-electron chi connectivity index (χ4n) is 3.94. The number of nitrogens with zero attached hydrogens (tertiary/aromatic N) is 2. The summed E-state index contributed by atoms with van der Waals surface area (Å²) in [5, 5.41) is 11.3. The van der Waals surface area contributed by atoms with Crippen LogP contribution in [0, 0.1) is 6.92 Å². The molecular formula is C25H30N2O6. The van der Waals surface area contributed by atoms with Gasteiger partial charge >= 0.3 is 0 Å². The summed E-state index contributed by atoms with van der Waals surface area (Å²) in [4.78, 5) is 29.7. The second kappa shape index (κ2) is 9.95. The number of rotatable bonds is 8. The number of aliphatic hydroxyl groups is 1. The number of hydrogen-bond donors (Lipinski definition) is 1. The molecule has 0 saturated carbocycles. The second-order valence-corrected chi connectivity index (χ2v) is 8.11. The Balaban J connectivity index is 2.25. The van der Waals surface area contributed by atoms with Crippen molar-refractivity contribution in [3.8, 4) is 17.2 Å². The van der Waals surface area contributed by atoms with E-state index in [9.17, 15) is 14.7 Å². The standard InChI is InChI=1S/C25H30N2O6/c1-15-7-9-18(31-4)17(13-15)23(28)21-22(16-8-10-19(32-5)20(14-16)33-6)27(12-11-26(2)3)25(30)24(21)29/h7-10,13-14,22,28H,11-12H2,1-6H3/b23-21+. The number of carbonyl (C=O) groups excluding carboxylic acids is 2. The smallest absolute Gasteiger partial charge is 0.295 e. The molecule has 1 N–H and O–H groups in total. The maximum absolute atomic E-state index is 13.2. The van der Waals surface area contributed by atoms with E-state index in [0.717, 1.165) is 5.56 Å². The van der Waals surface area contributed by atoms with Crippen LogP contribution in [0.15, 0.2) is 42.0 Å². The summed E-state index contributed by atoms with van der Waals surface area (Å²) in [7, 11) is 8.31. The predicted octanol–water partition coefficient (Wildman–Crippen LogP) is 3.00. The molecule has 0 bridgehead atoms. The number of methoxy groups -OCH3 is 3. The van der Waals surface area contributed by atoms with Crippen LogP contribution in [0.2, 0.25) is 0 Å². The van der Waals surface area contributed by atoms with Crippen molar-refractivity contribution < 1.29 is 28.9 Å². The number of likely N-dealkylation sites (tertiary alicyclic amines) is 1. The van der Waals surface area contributed by atoms with Gasteiger partial charge in [-0.1, -0.05) is 17.7 Å². The molecule has 176 valence electrons. The molecule has 0 aromatic heterocycles. The summed E-state index contributed by atoms with van der Waals surface area (Å²) in [6.07, 6.45) is 0. The van der Waals surface area contributed by atoms with Crippen LogP contribution in [-0.2, 0) is 9.59 Å². The van der Waals surface area contributed by atoms with Crippen molar-refractivity contribution in [2.45, 2.75) is 13.0 Å². The highest BCUT2D eigenvalue weighted by molar-refractivity contribution is 6.46. The zero-order chi connectivity index (χ0) is 24.3. The Morgan fingerprint density at radius 3 is 2.21 bits per heavy atom. The van der Waals surface area contributed by atoms with Crippen LogP contribution in [0.3, 0.4) is 0 Å². The van der Waals surface area contributed by atoms with E-state index in [1.165, 1.54) is 26.2 Å². The van der Waals surface area contributed by atoms with Crippen molar-refractivity contribution >= 4 is 17.4 Å². The molecule has 0 spiro atoms. The highest BCUT2D eigenvalue weighted by Crippen LogP contribution is 2.43. The van der Waals surface area contributed by atoms with E-state index in [1.54, 1.807) is 30.3 Å². The number of ketones is 1. The average molecular weight is 455 g/mol. The molecule has 1 heterocycles. The van der Waals surface area contributed by atoms with E-state index in [0.29, 0.717) is 41.5 Å². The molecule has 8 nitrogen and oxygen atoms in total. The number of hydrogen-bond acceptors (Lipinski definition) is 7. The van der Waals surface area contributed by atoms with Gasteiger partial charge in [0.15, 0.2) is 11.5 Å². The number of Topliss-reactive ketones (excluding diaryl/α,β-unsaturated/α-hetero) is 1. The highest BCUT2D eigenvalue weighted by atomic mass is 16.5. The largest absolute Gasteiger partial charge is 0.507 e. The maximum Gasteiger partial charge on any atom is 0.295 e. The summed E-state index contributed by atoms with van der Waals surface area (Å²) >= 11 is 0. The van der Waals surface area contributed by atoms with E-state index in [4.69, 9.17) is 14.2 Å². The van der Waals surface area contributed by atoms with Crippen molar-refractivity contribution in [2.24, 2.45) is 0 Å². The number of amides is 1. The number of ether oxygens (including phenoxy) is 3. The third-order valence-corrected chi connectivity index (χ3v) is 5.66. The SMILES string of the molecule is COc1ccc(C2/C(=C(\O)c3cc(C)ccc3OC)C(=O)C(=O)N2CCN(C)C)cc1OC. The van der Waals surface area contributed by atoms with Gasteiger partial charge in [-0.25, -0.2) is 0 Å². The number of likely N-dealkylation sites (N-methyl/N-ethyl adjacent to an activating group) is 1. The lowest BCUT2D eigenvalue weighted by molar-refractivity contribution is -0.140. The van der Waals surface area contributed by atoms with Crippen molar-refractivity contribution in [1.29, 1.82) is 0 Å². The van der Waals surface area contributed by atoms with E-state index in [2.05, 4.69) is 0 Å². The lowest BCUT2D eigenvalue weighted by atomic mass is 9.94. The Hall–Kier alpha value is -3.52. The van der Waals surface area contributed by atoms with Crippen LogP contribution in [0.4, 0.5) is 0 Å². The first kappa shape index (κ1) is 24.1. The average Bonchev–Trinajstić information content (AvgIpc) is 3.06. The van der Waals surface area contributed by atoms with Crippen LogP contribution >= 0.6 is 0 Å². The zero-order valence-corrected chi connectivity index (χ0v) is 19.8. The van der Waals surface area contributed by atoms with Gasteiger partial charge in [-0.05, 0) is 50.8 Å². The molecule has 1 fully saturated rings. The molecule has 3 rings (SSSR count). The molecule has 1 aliphatic heterocycles. The highest BCUT2D eigenvalue weighted by Gasteiger charge is 2.46. The van der Waals surface area contributed by atoms with E-state index in [-0.39, 0.29) is 11.3 Å². The van der Waals surface area contributed by atoms with Gasteiger partial charge in [0.2, 0.25) is 0 Å². The second-order valence-electron chi connectivity index (χ2n) is 8.11. The van der Waals surface area contributed by atoms with Gasteiger partial charge in [0, 0.05) is 13.1 Å². The number of aryl methyl sites for hydroxylation is 1. The monoisotopic (exact) mass is 454 g/mol. The predicted molar refractivity (Wildman–Crippen MR) is 125 cm³/mol. The lowest BCUT2D eigenvalue weighted by Gasteiger charge is -2.27. The van der Waals surface area contributed by atoms with Crippen LogP contribution in [0.5, 0.6) is 17.2 Å². The quantitative estimate of drug-likeness (QED) is 0.373. The van der Waals surface area contributed by atoms with Crippen molar-refractivity contribution in [1.82, 2.24) is 9.80 Å². The molecule has 2 aromatic carbocycles. The molecule has 0 aliphatic carbocycles. The Bertz CT molecular complexity index is 1090. The zero-order valence-electron chi connectivity index (χ0n) is 19.8. The lowest BCUT2D eigenvalue weighted by Crippen LogP contribution is -2.35. The van der Waals surface area contributed by atoms with E-state index in [1.807, 2.05) is 32.0 Å². The Morgan fingerprint density at radius 1 is 0.970 bits per heavy atom.